The summed E-state index contributed by atoms with van der Waals surface area (Å²) in [6.07, 6.45) is 0. The fraction of sp³-hybridized carbons (Fsp3) is 0.0909. The van der Waals surface area contributed by atoms with Gasteiger partial charge < -0.3 is 5.32 Å². The second-order valence-electron chi connectivity index (χ2n) is 6.92. The lowest BCUT2D eigenvalue weighted by Gasteiger charge is -2.12. The number of sulfonamides is 1. The highest BCUT2D eigenvalue weighted by Crippen LogP contribution is 2.20. The Morgan fingerprint density at radius 2 is 1.45 bits per heavy atom. The van der Waals surface area contributed by atoms with Crippen molar-refractivity contribution in [2.45, 2.75) is 18.7 Å². The Hall–Kier alpha value is -3.30. The molecule has 0 saturated heterocycles. The molecule has 3 aromatic rings. The van der Waals surface area contributed by atoms with Gasteiger partial charge in [0.05, 0.1) is 4.90 Å². The van der Waals surface area contributed by atoms with Crippen LogP contribution in [0.4, 0.5) is 15.8 Å². The van der Waals surface area contributed by atoms with E-state index in [9.17, 15) is 17.6 Å². The molecule has 3 N–H and O–H groups in total. The summed E-state index contributed by atoms with van der Waals surface area (Å²) < 4.78 is 40.8. The molecule has 0 aliphatic carbocycles. The van der Waals surface area contributed by atoms with Crippen molar-refractivity contribution in [2.75, 3.05) is 10.0 Å². The van der Waals surface area contributed by atoms with Crippen LogP contribution in [0.1, 0.15) is 21.5 Å². The predicted octanol–water partition coefficient (Wildman–Crippen LogP) is 4.37. The molecule has 1 amide bonds. The van der Waals surface area contributed by atoms with Crippen LogP contribution in [-0.2, 0) is 10.0 Å². The van der Waals surface area contributed by atoms with Crippen LogP contribution in [0.25, 0.3) is 0 Å². The van der Waals surface area contributed by atoms with E-state index >= 15 is 0 Å². The molecule has 0 unspecified atom stereocenters. The van der Waals surface area contributed by atoms with Gasteiger partial charge in [-0.1, -0.05) is 6.07 Å². The maximum absolute atomic E-state index is 13.0. The molecule has 0 bridgehead atoms. The molecule has 3 rings (SSSR count). The van der Waals surface area contributed by atoms with Crippen molar-refractivity contribution in [1.29, 1.82) is 0 Å². The van der Waals surface area contributed by atoms with E-state index in [1.54, 1.807) is 12.1 Å². The Kier molecular flexibility index (Phi) is 6.67. The van der Waals surface area contributed by atoms with E-state index in [-0.39, 0.29) is 15.6 Å². The molecular weight excluding hydrogens is 437 g/mol. The van der Waals surface area contributed by atoms with Crippen LogP contribution in [-0.4, -0.2) is 19.4 Å². The minimum atomic E-state index is -3.76. The normalized spacial score (nSPS) is 10.9. The SMILES string of the molecule is Cc1cc(C)cc(NS(=O)(=O)c2ccc(NC(=S)NC(=O)c3ccc(F)cc3)cc2)c1. The Balaban J connectivity index is 1.64. The first-order chi connectivity index (χ1) is 14.6. The molecule has 0 saturated carbocycles. The number of carbonyl (C=O) groups excluding carboxylic acids is 1. The zero-order chi connectivity index (χ0) is 22.6. The van der Waals surface area contributed by atoms with Crippen molar-refractivity contribution < 1.29 is 17.6 Å². The second-order valence-corrected chi connectivity index (χ2v) is 9.01. The molecule has 0 heterocycles. The minimum absolute atomic E-state index is 0.0262. The molecule has 9 heteroatoms. The van der Waals surface area contributed by atoms with Crippen LogP contribution < -0.4 is 15.4 Å². The highest BCUT2D eigenvalue weighted by atomic mass is 32.2. The van der Waals surface area contributed by atoms with Crippen molar-refractivity contribution in [1.82, 2.24) is 5.32 Å². The van der Waals surface area contributed by atoms with Gasteiger partial charge in [0.25, 0.3) is 15.9 Å². The average molecular weight is 458 g/mol. The standard InChI is InChI=1S/C22H20FN3O3S2/c1-14-11-15(2)13-19(12-14)26-31(28,29)20-9-7-18(8-10-20)24-22(30)25-21(27)16-3-5-17(23)6-4-16/h3-13,26H,1-2H3,(H2,24,25,27,30). The third kappa shape index (κ3) is 6.09. The van der Waals surface area contributed by atoms with E-state index in [0.29, 0.717) is 11.4 Å². The summed E-state index contributed by atoms with van der Waals surface area (Å²) in [5, 5.41) is 5.31. The number of hydrogen-bond donors (Lipinski definition) is 3. The molecule has 3 aromatic carbocycles. The molecule has 6 nitrogen and oxygen atoms in total. The van der Waals surface area contributed by atoms with Gasteiger partial charge in [0.1, 0.15) is 5.82 Å². The van der Waals surface area contributed by atoms with Gasteiger partial charge in [0.2, 0.25) is 0 Å². The summed E-state index contributed by atoms with van der Waals surface area (Å²) in [4.78, 5) is 12.2. The summed E-state index contributed by atoms with van der Waals surface area (Å²) in [5.41, 5.74) is 3.14. The van der Waals surface area contributed by atoms with E-state index in [2.05, 4.69) is 15.4 Å². The molecule has 31 heavy (non-hydrogen) atoms. The summed E-state index contributed by atoms with van der Waals surface area (Å²) in [7, 11) is -3.76. The molecular formula is C22H20FN3O3S2. The van der Waals surface area contributed by atoms with Gasteiger partial charge in [-0.15, -0.1) is 0 Å². The Bertz CT molecular complexity index is 1210. The largest absolute Gasteiger partial charge is 0.332 e. The third-order valence-electron chi connectivity index (χ3n) is 4.23. The molecule has 0 spiro atoms. The van der Waals surface area contributed by atoms with Crippen LogP contribution in [0.3, 0.4) is 0 Å². The summed E-state index contributed by atoms with van der Waals surface area (Å²) >= 11 is 5.11. The van der Waals surface area contributed by atoms with Gasteiger partial charge in [-0.3, -0.25) is 14.8 Å². The number of hydrogen-bond acceptors (Lipinski definition) is 4. The molecule has 0 aliphatic rings. The van der Waals surface area contributed by atoms with Crippen molar-refractivity contribution in [3.63, 3.8) is 0 Å². The van der Waals surface area contributed by atoms with Crippen molar-refractivity contribution in [3.05, 3.63) is 89.2 Å². The van der Waals surface area contributed by atoms with Crippen LogP contribution in [0.5, 0.6) is 0 Å². The van der Waals surface area contributed by atoms with Crippen LogP contribution in [0.2, 0.25) is 0 Å². The smallest absolute Gasteiger partial charge is 0.261 e. The first-order valence-electron chi connectivity index (χ1n) is 9.21. The number of benzene rings is 3. The van der Waals surface area contributed by atoms with Gasteiger partial charge in [-0.25, -0.2) is 12.8 Å². The van der Waals surface area contributed by atoms with Crippen molar-refractivity contribution in [3.8, 4) is 0 Å². The van der Waals surface area contributed by atoms with Gasteiger partial charge in [-0.2, -0.15) is 0 Å². The summed E-state index contributed by atoms with van der Waals surface area (Å²) in [6, 6.07) is 16.4. The zero-order valence-electron chi connectivity index (χ0n) is 16.8. The van der Waals surface area contributed by atoms with E-state index in [0.717, 1.165) is 11.1 Å². The summed E-state index contributed by atoms with van der Waals surface area (Å²) in [5.74, 6) is -0.936. The number of amides is 1. The minimum Gasteiger partial charge on any atom is -0.332 e. The fourth-order valence-corrected chi connectivity index (χ4v) is 4.15. The number of anilines is 2. The van der Waals surface area contributed by atoms with Crippen molar-refractivity contribution in [2.24, 2.45) is 0 Å². The number of thiocarbonyl (C=S) groups is 1. The van der Waals surface area contributed by atoms with Gasteiger partial charge in [-0.05, 0) is 97.9 Å². The lowest BCUT2D eigenvalue weighted by atomic mass is 10.1. The van der Waals surface area contributed by atoms with Crippen LogP contribution >= 0.6 is 12.2 Å². The molecule has 160 valence electrons. The fourth-order valence-electron chi connectivity index (χ4n) is 2.90. The van der Waals surface area contributed by atoms with E-state index in [1.807, 2.05) is 19.9 Å². The highest BCUT2D eigenvalue weighted by Gasteiger charge is 2.15. The van der Waals surface area contributed by atoms with Crippen molar-refractivity contribution >= 4 is 44.6 Å². The molecule has 0 aliphatic heterocycles. The quantitative estimate of drug-likeness (QED) is 0.495. The number of carbonyl (C=O) groups is 1. The molecule has 0 aromatic heterocycles. The number of rotatable bonds is 5. The highest BCUT2D eigenvalue weighted by molar-refractivity contribution is 7.92. The molecule has 0 radical (unpaired) electrons. The van der Waals surface area contributed by atoms with Gasteiger partial charge in [0, 0.05) is 16.9 Å². The molecule has 0 fully saturated rings. The molecule has 0 atom stereocenters. The van der Waals surface area contributed by atoms with Gasteiger partial charge >= 0.3 is 0 Å². The number of nitrogens with one attached hydrogen (secondary N) is 3. The first kappa shape index (κ1) is 22.4. The topological polar surface area (TPSA) is 87.3 Å². The van der Waals surface area contributed by atoms with E-state index < -0.39 is 21.7 Å². The maximum Gasteiger partial charge on any atom is 0.261 e. The van der Waals surface area contributed by atoms with E-state index in [1.165, 1.54) is 48.5 Å². The number of halogens is 1. The lowest BCUT2D eigenvalue weighted by Crippen LogP contribution is -2.34. The zero-order valence-corrected chi connectivity index (χ0v) is 18.4. The first-order valence-corrected chi connectivity index (χ1v) is 11.1. The monoisotopic (exact) mass is 457 g/mol. The second kappa shape index (κ2) is 9.23. The number of aryl methyl sites for hydroxylation is 2. The van der Waals surface area contributed by atoms with Crippen LogP contribution in [0.15, 0.2) is 71.6 Å². The predicted molar refractivity (Wildman–Crippen MR) is 123 cm³/mol. The van der Waals surface area contributed by atoms with Crippen LogP contribution in [0, 0.1) is 19.7 Å². The average Bonchev–Trinajstić information content (AvgIpc) is 2.67. The Labute approximate surface area is 185 Å². The Morgan fingerprint density at radius 3 is 2.03 bits per heavy atom. The maximum atomic E-state index is 13.0. The lowest BCUT2D eigenvalue weighted by molar-refractivity contribution is 0.0977. The van der Waals surface area contributed by atoms with E-state index in [4.69, 9.17) is 12.2 Å². The Morgan fingerprint density at radius 1 is 0.871 bits per heavy atom. The third-order valence-corrected chi connectivity index (χ3v) is 5.83. The summed E-state index contributed by atoms with van der Waals surface area (Å²) in [6.45, 7) is 3.78. The van der Waals surface area contributed by atoms with Gasteiger partial charge in [0.15, 0.2) is 5.11 Å².